The third-order valence-corrected chi connectivity index (χ3v) is 2.20. The van der Waals surface area contributed by atoms with Crippen LogP contribution in [0.3, 0.4) is 0 Å². The molecule has 0 N–H and O–H groups in total. The van der Waals surface area contributed by atoms with Crippen molar-refractivity contribution in [2.75, 3.05) is 13.2 Å². The highest BCUT2D eigenvalue weighted by atomic mass is 17.3. The fourth-order valence-electron chi connectivity index (χ4n) is 1.16. The second kappa shape index (κ2) is 7.43. The van der Waals surface area contributed by atoms with Gasteiger partial charge in [-0.15, -0.1) is 5.06 Å². The molecule has 9 nitrogen and oxygen atoms in total. The van der Waals surface area contributed by atoms with Gasteiger partial charge in [-0.2, -0.15) is 0 Å². The fourth-order valence-corrected chi connectivity index (χ4v) is 1.16. The molecule has 0 atom stereocenters. The lowest BCUT2D eigenvalue weighted by Crippen LogP contribution is -2.30. The Kier molecular flexibility index (Phi) is 5.91. The summed E-state index contributed by atoms with van der Waals surface area (Å²) in [5, 5.41) is 0.347. The minimum absolute atomic E-state index is 0.00238. The van der Waals surface area contributed by atoms with Crippen LogP contribution in [0.5, 0.6) is 0 Å². The second-order valence-electron chi connectivity index (χ2n) is 4.16. The lowest BCUT2D eigenvalue weighted by Gasteiger charge is -2.10. The first-order valence-corrected chi connectivity index (χ1v) is 5.95. The molecule has 1 heterocycles. The van der Waals surface area contributed by atoms with Gasteiger partial charge in [0.15, 0.2) is 0 Å². The number of carbonyl (C=O) groups is 4. The van der Waals surface area contributed by atoms with Gasteiger partial charge in [0.2, 0.25) is 0 Å². The van der Waals surface area contributed by atoms with Gasteiger partial charge in [0, 0.05) is 12.8 Å². The minimum Gasteiger partial charge on any atom is -0.462 e. The van der Waals surface area contributed by atoms with Crippen LogP contribution in [0.15, 0.2) is 0 Å². The maximum absolute atomic E-state index is 11.1. The molecule has 112 valence electrons. The largest absolute Gasteiger partial charge is 0.542 e. The average Bonchev–Trinajstić information content (AvgIpc) is 2.71. The van der Waals surface area contributed by atoms with Crippen molar-refractivity contribution >= 4 is 23.9 Å². The van der Waals surface area contributed by atoms with E-state index in [1.54, 1.807) is 13.8 Å². The number of rotatable bonds is 6. The van der Waals surface area contributed by atoms with Crippen molar-refractivity contribution in [1.82, 2.24) is 5.06 Å². The van der Waals surface area contributed by atoms with Gasteiger partial charge in [-0.3, -0.25) is 14.4 Å². The zero-order valence-electron chi connectivity index (χ0n) is 11.1. The number of hydrogen-bond acceptors (Lipinski definition) is 8. The predicted molar refractivity (Wildman–Crippen MR) is 60.4 cm³/mol. The highest BCUT2D eigenvalue weighted by molar-refractivity contribution is 6.00. The Morgan fingerprint density at radius 3 is 2.20 bits per heavy atom. The normalized spacial score (nSPS) is 14.7. The summed E-state index contributed by atoms with van der Waals surface area (Å²) in [6.07, 6.45) is -1.25. The zero-order chi connectivity index (χ0) is 15.1. The Bertz CT molecular complexity index is 389. The molecule has 1 saturated heterocycles. The Hall–Kier alpha value is -2.16. The van der Waals surface area contributed by atoms with Crippen molar-refractivity contribution in [2.24, 2.45) is 5.92 Å². The smallest absolute Gasteiger partial charge is 0.462 e. The van der Waals surface area contributed by atoms with Gasteiger partial charge in [-0.1, -0.05) is 13.8 Å². The third kappa shape index (κ3) is 4.84. The number of imide groups is 1. The summed E-state index contributed by atoms with van der Waals surface area (Å²) in [5.41, 5.74) is 0. The number of hydroxylamine groups is 2. The van der Waals surface area contributed by atoms with E-state index in [0.717, 1.165) is 0 Å². The summed E-state index contributed by atoms with van der Waals surface area (Å²) in [6, 6.07) is 0. The molecule has 20 heavy (non-hydrogen) atoms. The van der Waals surface area contributed by atoms with Crippen molar-refractivity contribution in [2.45, 2.75) is 26.7 Å². The molecule has 0 bridgehead atoms. The van der Waals surface area contributed by atoms with Gasteiger partial charge in [0.1, 0.15) is 13.2 Å². The van der Waals surface area contributed by atoms with Crippen molar-refractivity contribution < 1.29 is 38.5 Å². The fraction of sp³-hybridized carbons (Fsp3) is 0.636. The SMILES string of the molecule is CC(C)C(=O)OCCOC(=O)OON1C(=O)CCC1=O. The van der Waals surface area contributed by atoms with Crippen LogP contribution in [-0.4, -0.2) is 42.2 Å². The molecule has 1 fully saturated rings. The van der Waals surface area contributed by atoms with Crippen molar-refractivity contribution in [1.29, 1.82) is 0 Å². The summed E-state index contributed by atoms with van der Waals surface area (Å²) >= 11 is 0. The lowest BCUT2D eigenvalue weighted by atomic mass is 10.2. The lowest BCUT2D eigenvalue weighted by molar-refractivity contribution is -0.361. The monoisotopic (exact) mass is 289 g/mol. The van der Waals surface area contributed by atoms with Crippen LogP contribution in [0.25, 0.3) is 0 Å². The van der Waals surface area contributed by atoms with Crippen LogP contribution < -0.4 is 0 Å². The van der Waals surface area contributed by atoms with Crippen LogP contribution in [0.2, 0.25) is 0 Å². The van der Waals surface area contributed by atoms with E-state index >= 15 is 0 Å². The van der Waals surface area contributed by atoms with Crippen molar-refractivity contribution in [3.05, 3.63) is 0 Å². The molecule has 9 heteroatoms. The zero-order valence-corrected chi connectivity index (χ0v) is 11.1. The number of esters is 1. The number of hydrogen-bond donors (Lipinski definition) is 0. The molecule has 0 aliphatic carbocycles. The van der Waals surface area contributed by atoms with Crippen LogP contribution in [0, 0.1) is 5.92 Å². The van der Waals surface area contributed by atoms with Crippen LogP contribution in [0.1, 0.15) is 26.7 Å². The van der Waals surface area contributed by atoms with E-state index in [0.29, 0.717) is 5.06 Å². The molecule has 0 saturated carbocycles. The molecule has 1 aliphatic heterocycles. The van der Waals surface area contributed by atoms with Crippen LogP contribution in [0.4, 0.5) is 4.79 Å². The van der Waals surface area contributed by atoms with E-state index in [2.05, 4.69) is 14.6 Å². The van der Waals surface area contributed by atoms with E-state index < -0.39 is 23.9 Å². The molecule has 0 spiro atoms. The van der Waals surface area contributed by atoms with Crippen LogP contribution >= 0.6 is 0 Å². The molecular formula is C11H15NO8. The quantitative estimate of drug-likeness (QED) is 0.226. The molecule has 0 aromatic heterocycles. The molecule has 0 unspecified atom stereocenters. The van der Waals surface area contributed by atoms with Crippen molar-refractivity contribution in [3.8, 4) is 0 Å². The predicted octanol–water partition coefficient (Wildman–Crippen LogP) is 0.334. The van der Waals surface area contributed by atoms with E-state index in [1.165, 1.54) is 0 Å². The second-order valence-corrected chi connectivity index (χ2v) is 4.16. The molecule has 1 aliphatic rings. The van der Waals surface area contributed by atoms with Gasteiger partial charge in [-0.25, -0.2) is 9.68 Å². The van der Waals surface area contributed by atoms with Gasteiger partial charge < -0.3 is 9.47 Å². The molecule has 1 rings (SSSR count). The maximum atomic E-state index is 11.1. The Balaban J connectivity index is 2.13. The Morgan fingerprint density at radius 2 is 1.65 bits per heavy atom. The molecule has 0 aromatic carbocycles. The summed E-state index contributed by atoms with van der Waals surface area (Å²) in [4.78, 5) is 52.6. The molecule has 0 radical (unpaired) electrons. The van der Waals surface area contributed by atoms with Crippen LogP contribution in [-0.2, 0) is 33.7 Å². The summed E-state index contributed by atoms with van der Waals surface area (Å²) in [7, 11) is 0. The number of amides is 2. The summed E-state index contributed by atoms with van der Waals surface area (Å²) < 4.78 is 9.22. The highest BCUT2D eigenvalue weighted by Gasteiger charge is 2.32. The Labute approximate surface area is 114 Å². The number of ether oxygens (including phenoxy) is 2. The summed E-state index contributed by atoms with van der Waals surface area (Å²) in [6.45, 7) is 2.96. The summed E-state index contributed by atoms with van der Waals surface area (Å²) in [5.74, 6) is -1.91. The first-order chi connectivity index (χ1) is 9.41. The van der Waals surface area contributed by atoms with E-state index in [1.807, 2.05) is 0 Å². The first kappa shape index (κ1) is 15.9. The van der Waals surface area contributed by atoms with Gasteiger partial charge in [0.25, 0.3) is 11.8 Å². The number of nitrogens with zero attached hydrogens (tertiary/aromatic N) is 1. The van der Waals surface area contributed by atoms with Gasteiger partial charge in [0.05, 0.1) is 5.92 Å². The maximum Gasteiger partial charge on any atom is 0.542 e. The third-order valence-electron chi connectivity index (χ3n) is 2.20. The minimum atomic E-state index is -1.25. The van der Waals surface area contributed by atoms with E-state index in [4.69, 9.17) is 4.74 Å². The standard InChI is InChI=1S/C11H15NO8/c1-7(2)10(15)17-5-6-18-11(16)19-20-12-8(13)3-4-9(12)14/h7H,3-6H2,1-2H3. The van der Waals surface area contributed by atoms with Crippen molar-refractivity contribution in [3.63, 3.8) is 0 Å². The van der Waals surface area contributed by atoms with E-state index in [9.17, 15) is 19.2 Å². The molecule has 0 aromatic rings. The Morgan fingerprint density at radius 1 is 1.10 bits per heavy atom. The first-order valence-electron chi connectivity index (χ1n) is 5.95. The van der Waals surface area contributed by atoms with Gasteiger partial charge >= 0.3 is 12.1 Å². The molecular weight excluding hydrogens is 274 g/mol. The van der Waals surface area contributed by atoms with E-state index in [-0.39, 0.29) is 32.0 Å². The van der Waals surface area contributed by atoms with Gasteiger partial charge in [-0.05, 0) is 4.99 Å². The number of carbonyl (C=O) groups excluding carboxylic acids is 4. The highest BCUT2D eigenvalue weighted by Crippen LogP contribution is 2.12. The average molecular weight is 289 g/mol. The topological polar surface area (TPSA) is 108 Å². The molecule has 2 amide bonds.